The van der Waals surface area contributed by atoms with E-state index in [9.17, 15) is 0 Å². The molecule has 3 unspecified atom stereocenters. The fourth-order valence-electron chi connectivity index (χ4n) is 3.89. The number of nitrogens with two attached hydrogens (primary N) is 1. The van der Waals surface area contributed by atoms with Crippen LogP contribution in [0.3, 0.4) is 0 Å². The van der Waals surface area contributed by atoms with Crippen molar-refractivity contribution in [3.63, 3.8) is 0 Å². The second kappa shape index (κ2) is 6.33. The molecule has 0 spiro atoms. The Bertz CT molecular complexity index is 310. The van der Waals surface area contributed by atoms with Gasteiger partial charge in [0.2, 0.25) is 0 Å². The van der Waals surface area contributed by atoms with Crippen molar-refractivity contribution in [1.82, 2.24) is 5.32 Å². The molecule has 1 saturated heterocycles. The summed E-state index contributed by atoms with van der Waals surface area (Å²) in [6, 6.07) is 0.384. The summed E-state index contributed by atoms with van der Waals surface area (Å²) in [5.41, 5.74) is 7.03. The third-order valence-electron chi connectivity index (χ3n) is 6.36. The van der Waals surface area contributed by atoms with Gasteiger partial charge in [-0.25, -0.2) is 0 Å². The molecule has 0 aromatic heterocycles. The first kappa shape index (κ1) is 16.3. The normalized spacial score (nSPS) is 36.8. The minimum Gasteiger partial charge on any atom is -0.381 e. The van der Waals surface area contributed by atoms with E-state index in [1.807, 2.05) is 0 Å². The third-order valence-corrected chi connectivity index (χ3v) is 6.36. The van der Waals surface area contributed by atoms with Gasteiger partial charge in [-0.2, -0.15) is 0 Å². The first-order valence-electron chi connectivity index (χ1n) is 8.39. The van der Waals surface area contributed by atoms with E-state index in [4.69, 9.17) is 10.5 Å². The Morgan fingerprint density at radius 3 is 2.45 bits per heavy atom. The predicted octanol–water partition coefficient (Wildman–Crippen LogP) is 2.79. The minimum atomic E-state index is 0.348. The quantitative estimate of drug-likeness (QED) is 0.833. The van der Waals surface area contributed by atoms with E-state index in [0.717, 1.165) is 32.2 Å². The van der Waals surface area contributed by atoms with Crippen molar-refractivity contribution < 1.29 is 4.74 Å². The molecular formula is C17H34N2O. The van der Waals surface area contributed by atoms with Crippen molar-refractivity contribution in [2.24, 2.45) is 28.4 Å². The van der Waals surface area contributed by atoms with Crippen LogP contribution in [0.15, 0.2) is 0 Å². The lowest BCUT2D eigenvalue weighted by Gasteiger charge is -2.47. The molecule has 2 aliphatic rings. The van der Waals surface area contributed by atoms with Gasteiger partial charge in [0, 0.05) is 25.8 Å². The molecule has 0 bridgehead atoms. The van der Waals surface area contributed by atoms with E-state index in [0.29, 0.717) is 22.8 Å². The van der Waals surface area contributed by atoms with Gasteiger partial charge in [0.15, 0.2) is 0 Å². The first-order valence-corrected chi connectivity index (χ1v) is 8.39. The van der Waals surface area contributed by atoms with Gasteiger partial charge in [0.05, 0.1) is 0 Å². The van der Waals surface area contributed by atoms with Gasteiger partial charge in [-0.15, -0.1) is 0 Å². The zero-order valence-electron chi connectivity index (χ0n) is 13.9. The molecule has 1 aliphatic heterocycles. The number of rotatable bonds is 4. The van der Waals surface area contributed by atoms with E-state index in [-0.39, 0.29) is 0 Å². The lowest BCUT2D eigenvalue weighted by molar-refractivity contribution is 0.0186. The highest BCUT2D eigenvalue weighted by molar-refractivity contribution is 4.94. The molecule has 20 heavy (non-hydrogen) atoms. The van der Waals surface area contributed by atoms with Gasteiger partial charge in [0.1, 0.15) is 0 Å². The summed E-state index contributed by atoms with van der Waals surface area (Å²) >= 11 is 0. The van der Waals surface area contributed by atoms with Crippen LogP contribution in [0.2, 0.25) is 0 Å². The van der Waals surface area contributed by atoms with Crippen molar-refractivity contribution in [2.45, 2.75) is 59.4 Å². The smallest absolute Gasteiger partial charge is 0.0471 e. The number of hydrogen-bond acceptors (Lipinski definition) is 3. The first-order chi connectivity index (χ1) is 9.35. The topological polar surface area (TPSA) is 47.3 Å². The summed E-state index contributed by atoms with van der Waals surface area (Å²) in [5.74, 6) is 1.36. The van der Waals surface area contributed by atoms with Crippen LogP contribution in [0.1, 0.15) is 53.4 Å². The molecule has 0 amide bonds. The Hall–Kier alpha value is -0.120. The SMILES string of the molecule is CC1C(N)CCC(CNCC2(C)CCOCC2)C1(C)C. The van der Waals surface area contributed by atoms with E-state index < -0.39 is 0 Å². The molecule has 0 radical (unpaired) electrons. The molecule has 1 aliphatic carbocycles. The molecule has 0 aromatic carbocycles. The Morgan fingerprint density at radius 2 is 1.80 bits per heavy atom. The number of nitrogens with one attached hydrogen (secondary N) is 1. The minimum absolute atomic E-state index is 0.348. The van der Waals surface area contributed by atoms with E-state index in [1.54, 1.807) is 0 Å². The molecular weight excluding hydrogens is 248 g/mol. The second-order valence-corrected chi connectivity index (χ2v) is 8.10. The van der Waals surface area contributed by atoms with E-state index in [1.165, 1.54) is 25.7 Å². The van der Waals surface area contributed by atoms with Crippen LogP contribution in [0.4, 0.5) is 0 Å². The summed E-state index contributed by atoms with van der Waals surface area (Å²) in [7, 11) is 0. The number of ether oxygens (including phenoxy) is 1. The van der Waals surface area contributed by atoms with Gasteiger partial charge < -0.3 is 15.8 Å². The largest absolute Gasteiger partial charge is 0.381 e. The fourth-order valence-corrected chi connectivity index (χ4v) is 3.89. The maximum Gasteiger partial charge on any atom is 0.0471 e. The molecule has 3 nitrogen and oxygen atoms in total. The van der Waals surface area contributed by atoms with Crippen molar-refractivity contribution in [2.75, 3.05) is 26.3 Å². The molecule has 2 fully saturated rings. The lowest BCUT2D eigenvalue weighted by Crippen LogP contribution is -2.50. The van der Waals surface area contributed by atoms with Gasteiger partial charge in [-0.3, -0.25) is 0 Å². The van der Waals surface area contributed by atoms with Crippen LogP contribution in [0, 0.1) is 22.7 Å². The summed E-state index contributed by atoms with van der Waals surface area (Å²) in [5, 5.41) is 3.76. The zero-order chi connectivity index (χ0) is 14.8. The molecule has 0 aromatic rings. The molecule has 3 atom stereocenters. The van der Waals surface area contributed by atoms with Gasteiger partial charge in [-0.05, 0) is 54.9 Å². The highest BCUT2D eigenvalue weighted by Crippen LogP contribution is 2.44. The van der Waals surface area contributed by atoms with Crippen LogP contribution in [0.25, 0.3) is 0 Å². The highest BCUT2D eigenvalue weighted by Gasteiger charge is 2.41. The molecule has 3 N–H and O–H groups in total. The average molecular weight is 282 g/mol. The maximum atomic E-state index is 6.25. The molecule has 1 saturated carbocycles. The summed E-state index contributed by atoms with van der Waals surface area (Å²) in [6.45, 7) is 13.7. The molecule has 1 heterocycles. The van der Waals surface area contributed by atoms with Crippen LogP contribution >= 0.6 is 0 Å². The van der Waals surface area contributed by atoms with Crippen molar-refractivity contribution in [3.8, 4) is 0 Å². The molecule has 3 heteroatoms. The molecule has 2 rings (SSSR count). The molecule has 118 valence electrons. The summed E-state index contributed by atoms with van der Waals surface area (Å²) in [6.07, 6.45) is 4.83. The van der Waals surface area contributed by atoms with Crippen LogP contribution in [0.5, 0.6) is 0 Å². The maximum absolute atomic E-state index is 6.25. The highest BCUT2D eigenvalue weighted by atomic mass is 16.5. The van der Waals surface area contributed by atoms with Crippen LogP contribution < -0.4 is 11.1 Å². The summed E-state index contributed by atoms with van der Waals surface area (Å²) in [4.78, 5) is 0. The van der Waals surface area contributed by atoms with Gasteiger partial charge in [0.25, 0.3) is 0 Å². The number of hydrogen-bond donors (Lipinski definition) is 2. The monoisotopic (exact) mass is 282 g/mol. The average Bonchev–Trinajstić information content (AvgIpc) is 2.40. The van der Waals surface area contributed by atoms with E-state index >= 15 is 0 Å². The van der Waals surface area contributed by atoms with E-state index in [2.05, 4.69) is 33.0 Å². The van der Waals surface area contributed by atoms with Crippen molar-refractivity contribution in [1.29, 1.82) is 0 Å². The second-order valence-electron chi connectivity index (χ2n) is 8.10. The lowest BCUT2D eigenvalue weighted by atomic mass is 9.61. The fraction of sp³-hybridized carbons (Fsp3) is 1.00. The Balaban J connectivity index is 1.81. The van der Waals surface area contributed by atoms with Crippen molar-refractivity contribution in [3.05, 3.63) is 0 Å². The standard InChI is InChI=1S/C17H34N2O/c1-13-15(18)6-5-14(16(13,2)3)11-19-12-17(4)7-9-20-10-8-17/h13-15,19H,5-12,18H2,1-4H3. The Morgan fingerprint density at radius 1 is 1.15 bits per heavy atom. The predicted molar refractivity (Wildman–Crippen MR) is 84.7 cm³/mol. The van der Waals surface area contributed by atoms with Crippen LogP contribution in [-0.2, 0) is 4.74 Å². The Kier molecular flexibility index (Phi) is 5.14. The Labute approximate surface area is 125 Å². The zero-order valence-corrected chi connectivity index (χ0v) is 13.9. The summed E-state index contributed by atoms with van der Waals surface area (Å²) < 4.78 is 5.48. The van der Waals surface area contributed by atoms with Gasteiger partial charge >= 0.3 is 0 Å². The van der Waals surface area contributed by atoms with Gasteiger partial charge in [-0.1, -0.05) is 27.7 Å². The van der Waals surface area contributed by atoms with Crippen molar-refractivity contribution >= 4 is 0 Å². The third kappa shape index (κ3) is 3.55. The van der Waals surface area contributed by atoms with Crippen LogP contribution in [-0.4, -0.2) is 32.3 Å².